The molecule has 0 radical (unpaired) electrons. The first kappa shape index (κ1) is 23.8. The molecular weight excluding hydrogens is 432 g/mol. The molecule has 1 amide bonds. The van der Waals surface area contributed by atoms with Crippen molar-refractivity contribution in [1.82, 2.24) is 9.88 Å². The first-order chi connectivity index (χ1) is 15.3. The van der Waals surface area contributed by atoms with Gasteiger partial charge in [0.05, 0.1) is 29.3 Å². The molecule has 8 heteroatoms. The fraction of sp³-hybridized carbons (Fsp3) is 0.375. The molecule has 2 heterocycles. The van der Waals surface area contributed by atoms with E-state index in [1.807, 2.05) is 20.8 Å². The molecule has 2 aromatic rings. The molecule has 0 bridgehead atoms. The zero-order valence-corrected chi connectivity index (χ0v) is 19.1. The van der Waals surface area contributed by atoms with Crippen molar-refractivity contribution in [3.63, 3.8) is 0 Å². The van der Waals surface area contributed by atoms with Crippen LogP contribution >= 0.6 is 11.6 Å². The Labute approximate surface area is 192 Å². The lowest BCUT2D eigenvalue weighted by Gasteiger charge is -2.25. The van der Waals surface area contributed by atoms with Gasteiger partial charge in [0.25, 0.3) is 11.7 Å². The lowest BCUT2D eigenvalue weighted by Crippen LogP contribution is -2.31. The van der Waals surface area contributed by atoms with E-state index in [4.69, 9.17) is 21.1 Å². The van der Waals surface area contributed by atoms with Gasteiger partial charge in [-0.1, -0.05) is 17.7 Å². The molecule has 1 aliphatic rings. The lowest BCUT2D eigenvalue weighted by atomic mass is 9.96. The van der Waals surface area contributed by atoms with Gasteiger partial charge in [0.15, 0.2) is 0 Å². The highest BCUT2D eigenvalue weighted by molar-refractivity contribution is 6.46. The van der Waals surface area contributed by atoms with Crippen molar-refractivity contribution in [2.24, 2.45) is 0 Å². The van der Waals surface area contributed by atoms with Crippen molar-refractivity contribution >= 4 is 29.1 Å². The van der Waals surface area contributed by atoms with Crippen molar-refractivity contribution in [2.75, 3.05) is 19.8 Å². The number of halogens is 1. The monoisotopic (exact) mass is 458 g/mol. The van der Waals surface area contributed by atoms with Crippen LogP contribution in [-0.2, 0) is 14.3 Å². The van der Waals surface area contributed by atoms with E-state index < -0.39 is 17.7 Å². The summed E-state index contributed by atoms with van der Waals surface area (Å²) in [4.78, 5) is 31.5. The Bertz CT molecular complexity index is 1010. The van der Waals surface area contributed by atoms with Crippen molar-refractivity contribution in [1.29, 1.82) is 0 Å². The number of hydrogen-bond acceptors (Lipinski definition) is 6. The molecule has 0 saturated carbocycles. The number of carbonyl (C=O) groups excluding carboxylic acids is 2. The van der Waals surface area contributed by atoms with Crippen LogP contribution in [0.15, 0.2) is 48.3 Å². The lowest BCUT2D eigenvalue weighted by molar-refractivity contribution is -0.140. The number of benzene rings is 1. The number of ether oxygens (including phenoxy) is 2. The maximum atomic E-state index is 13.0. The Morgan fingerprint density at radius 3 is 2.72 bits per heavy atom. The third kappa shape index (κ3) is 5.11. The van der Waals surface area contributed by atoms with Crippen molar-refractivity contribution in [2.45, 2.75) is 39.3 Å². The molecule has 170 valence electrons. The Balaban J connectivity index is 2.03. The number of nitrogens with zero attached hydrogens (tertiary/aromatic N) is 2. The average molecular weight is 459 g/mol. The van der Waals surface area contributed by atoms with E-state index in [1.165, 1.54) is 4.90 Å². The van der Waals surface area contributed by atoms with Gasteiger partial charge in [-0.3, -0.25) is 14.6 Å². The Kier molecular flexibility index (Phi) is 7.88. The van der Waals surface area contributed by atoms with Gasteiger partial charge in [-0.2, -0.15) is 0 Å². The smallest absolute Gasteiger partial charge is 0.295 e. The molecule has 0 aliphatic carbocycles. The summed E-state index contributed by atoms with van der Waals surface area (Å²) in [5, 5.41) is 11.5. The topological polar surface area (TPSA) is 89.0 Å². The van der Waals surface area contributed by atoms with Gasteiger partial charge >= 0.3 is 0 Å². The highest BCUT2D eigenvalue weighted by atomic mass is 35.5. The van der Waals surface area contributed by atoms with E-state index in [1.54, 1.807) is 42.7 Å². The van der Waals surface area contributed by atoms with Crippen molar-refractivity contribution in [3.05, 3.63) is 64.4 Å². The quantitative estimate of drug-likeness (QED) is 0.260. The van der Waals surface area contributed by atoms with Crippen LogP contribution < -0.4 is 4.74 Å². The minimum Gasteiger partial charge on any atom is -0.507 e. The number of Topliss-reactive ketones (excluding diaryl/α,β-unsaturated/α-hetero) is 1. The molecule has 1 aromatic carbocycles. The molecular formula is C24H27ClN2O5. The van der Waals surface area contributed by atoms with Gasteiger partial charge in [-0.15, -0.1) is 0 Å². The van der Waals surface area contributed by atoms with Gasteiger partial charge in [-0.25, -0.2) is 0 Å². The predicted octanol–water partition coefficient (Wildman–Crippen LogP) is 4.37. The van der Waals surface area contributed by atoms with Crippen LogP contribution in [0.2, 0.25) is 5.02 Å². The number of amides is 1. The fourth-order valence-corrected chi connectivity index (χ4v) is 3.79. The summed E-state index contributed by atoms with van der Waals surface area (Å²) in [6, 6.07) is 7.48. The minimum absolute atomic E-state index is 0.0116. The Morgan fingerprint density at radius 2 is 2.06 bits per heavy atom. The van der Waals surface area contributed by atoms with Gasteiger partial charge in [0.1, 0.15) is 11.5 Å². The van der Waals surface area contributed by atoms with Crippen LogP contribution in [0.25, 0.3) is 5.76 Å². The van der Waals surface area contributed by atoms with E-state index in [9.17, 15) is 14.7 Å². The minimum atomic E-state index is -0.756. The number of pyridine rings is 1. The molecule has 1 aliphatic heterocycles. The van der Waals surface area contributed by atoms with Crippen molar-refractivity contribution < 1.29 is 24.2 Å². The number of aromatic nitrogens is 1. The molecule has 1 fully saturated rings. The fourth-order valence-electron chi connectivity index (χ4n) is 3.62. The molecule has 1 saturated heterocycles. The second kappa shape index (κ2) is 10.6. The van der Waals surface area contributed by atoms with Crippen LogP contribution in [0.5, 0.6) is 5.75 Å². The first-order valence-corrected chi connectivity index (χ1v) is 11.0. The van der Waals surface area contributed by atoms with Crippen LogP contribution in [-0.4, -0.2) is 52.5 Å². The normalized spacial score (nSPS) is 17.9. The molecule has 1 atom stereocenters. The highest BCUT2D eigenvalue weighted by Gasteiger charge is 2.45. The SMILES string of the molecule is CCOc1cc(/C(O)=C2/C(=O)C(=O)N(CCCOC(C)C)C2c2cccnc2)ccc1Cl. The van der Waals surface area contributed by atoms with E-state index in [0.717, 1.165) is 0 Å². The Hall–Kier alpha value is -2.90. The maximum Gasteiger partial charge on any atom is 0.295 e. The molecule has 0 spiro atoms. The van der Waals surface area contributed by atoms with Gasteiger partial charge in [-0.05, 0) is 57.0 Å². The van der Waals surface area contributed by atoms with E-state index in [-0.39, 0.29) is 17.4 Å². The molecule has 7 nitrogen and oxygen atoms in total. The van der Waals surface area contributed by atoms with E-state index >= 15 is 0 Å². The number of aliphatic hydroxyl groups excluding tert-OH is 1. The summed E-state index contributed by atoms with van der Waals surface area (Å²) >= 11 is 6.16. The molecule has 1 unspecified atom stereocenters. The van der Waals surface area contributed by atoms with Crippen molar-refractivity contribution in [3.8, 4) is 5.75 Å². The summed E-state index contributed by atoms with van der Waals surface area (Å²) in [5.74, 6) is -1.30. The van der Waals surface area contributed by atoms with Crippen LogP contribution in [0.4, 0.5) is 0 Å². The standard InChI is InChI=1S/C24H27ClN2O5/c1-4-31-19-13-16(8-9-18(19)25)22(28)20-21(17-7-5-10-26-14-17)27(24(30)23(20)29)11-6-12-32-15(2)3/h5,7-10,13-15,21,28H,4,6,11-12H2,1-3H3/b22-20-. The summed E-state index contributed by atoms with van der Waals surface area (Å²) in [6.07, 6.45) is 3.83. The molecule has 1 N–H and O–H groups in total. The number of hydrogen-bond donors (Lipinski definition) is 1. The summed E-state index contributed by atoms with van der Waals surface area (Å²) in [5.41, 5.74) is 0.988. The first-order valence-electron chi connectivity index (χ1n) is 10.6. The average Bonchev–Trinajstić information content (AvgIpc) is 3.03. The van der Waals surface area contributed by atoms with Gasteiger partial charge in [0, 0.05) is 31.1 Å². The summed E-state index contributed by atoms with van der Waals surface area (Å²) < 4.78 is 11.1. The number of aliphatic hydroxyl groups is 1. The summed E-state index contributed by atoms with van der Waals surface area (Å²) in [6.45, 7) is 6.84. The van der Waals surface area contributed by atoms with E-state index in [2.05, 4.69) is 4.98 Å². The molecule has 32 heavy (non-hydrogen) atoms. The van der Waals surface area contributed by atoms with E-state index in [0.29, 0.717) is 48.1 Å². The van der Waals surface area contributed by atoms with Gasteiger partial charge in [0.2, 0.25) is 0 Å². The summed E-state index contributed by atoms with van der Waals surface area (Å²) in [7, 11) is 0. The van der Waals surface area contributed by atoms with Crippen LogP contribution in [0, 0.1) is 0 Å². The zero-order chi connectivity index (χ0) is 23.3. The predicted molar refractivity (Wildman–Crippen MR) is 122 cm³/mol. The van der Waals surface area contributed by atoms with Crippen LogP contribution in [0.3, 0.4) is 0 Å². The number of ketones is 1. The number of rotatable bonds is 9. The number of likely N-dealkylation sites (tertiary alicyclic amines) is 1. The molecule has 3 rings (SSSR count). The highest BCUT2D eigenvalue weighted by Crippen LogP contribution is 2.40. The largest absolute Gasteiger partial charge is 0.507 e. The third-order valence-electron chi connectivity index (χ3n) is 5.04. The molecule has 1 aromatic heterocycles. The second-order valence-corrected chi connectivity index (χ2v) is 8.04. The van der Waals surface area contributed by atoms with Gasteiger partial charge < -0.3 is 19.5 Å². The maximum absolute atomic E-state index is 13.0. The number of carbonyl (C=O) groups is 2. The second-order valence-electron chi connectivity index (χ2n) is 7.63. The van der Waals surface area contributed by atoms with Crippen LogP contribution in [0.1, 0.15) is 44.4 Å². The third-order valence-corrected chi connectivity index (χ3v) is 5.35. The Morgan fingerprint density at radius 1 is 1.28 bits per heavy atom. The zero-order valence-electron chi connectivity index (χ0n) is 18.4.